The molecule has 0 aliphatic heterocycles. The Hall–Kier alpha value is 0.327. The lowest BCUT2D eigenvalue weighted by Crippen LogP contribution is -2.37. The first-order valence-corrected chi connectivity index (χ1v) is 8.17. The molecule has 1 N–H and O–H groups in total. The molecule has 0 aromatic rings. The minimum atomic E-state index is -3.12. The molecule has 0 spiro atoms. The van der Waals surface area contributed by atoms with Crippen LogP contribution in [0.3, 0.4) is 0 Å². The van der Waals surface area contributed by atoms with Crippen molar-refractivity contribution in [1.29, 1.82) is 0 Å². The number of hydrogen-bond donors (Lipinski definition) is 1. The quantitative estimate of drug-likeness (QED) is 0.364. The molecule has 0 saturated carbocycles. The summed E-state index contributed by atoms with van der Waals surface area (Å²) in [6, 6.07) is 0. The van der Waals surface area contributed by atoms with Crippen LogP contribution in [0.1, 0.15) is 0 Å². The highest BCUT2D eigenvalue weighted by Crippen LogP contribution is 2.34. The van der Waals surface area contributed by atoms with Gasteiger partial charge in [0.1, 0.15) is 23.1 Å². The molecule has 1 unspecified atom stereocenters. The second kappa shape index (κ2) is 3.82. The first-order chi connectivity index (χ1) is 4.71. The summed E-state index contributed by atoms with van der Waals surface area (Å²) < 4.78 is 16.2. The predicted octanol–water partition coefficient (Wildman–Crippen LogP) is -0.825. The zero-order valence-electron chi connectivity index (χ0n) is 7.57. The van der Waals surface area contributed by atoms with E-state index >= 15 is 0 Å². The van der Waals surface area contributed by atoms with Gasteiger partial charge in [0.15, 0.2) is 0 Å². The lowest BCUT2D eigenvalue weighted by molar-refractivity contribution is -0.870. The van der Waals surface area contributed by atoms with Crippen LogP contribution in [0, 0.1) is 0 Å². The average molecular weight is 198 g/mol. The van der Waals surface area contributed by atoms with Gasteiger partial charge in [0.2, 0.25) is 0 Å². The van der Waals surface area contributed by atoms with Crippen LogP contribution < -0.4 is 0 Å². The smallest absolute Gasteiger partial charge is 0.284 e. The molecule has 68 valence electrons. The predicted molar refractivity (Wildman–Crippen MR) is 48.6 cm³/mol. The monoisotopic (exact) mass is 198 g/mol. The summed E-state index contributed by atoms with van der Waals surface area (Å²) in [4.78, 5) is 8.80. The van der Waals surface area contributed by atoms with E-state index in [-0.39, 0.29) is 9.91 Å². The van der Waals surface area contributed by atoms with Crippen LogP contribution >= 0.6 is 7.14 Å². The topological polar surface area (TPSA) is 46.5 Å². The summed E-state index contributed by atoms with van der Waals surface area (Å²) in [6.45, 7) is 1.12. The van der Waals surface area contributed by atoms with Gasteiger partial charge >= 0.3 is 0 Å². The molecular weight excluding hydrogens is 181 g/mol. The fourth-order valence-corrected chi connectivity index (χ4v) is 1.45. The van der Waals surface area contributed by atoms with Crippen molar-refractivity contribution in [2.24, 2.45) is 0 Å². The number of hydrogen-bond acceptors (Lipinski definition) is 2. The molecule has 0 heterocycles. The maximum Gasteiger partial charge on any atom is 0.284 e. The minimum Gasteiger partial charge on any atom is -0.329 e. The molecule has 6 heteroatoms. The molecule has 1 atom stereocenters. The van der Waals surface area contributed by atoms with Gasteiger partial charge in [-0.2, -0.15) is 0 Å². The van der Waals surface area contributed by atoms with E-state index in [9.17, 15) is 4.57 Å². The maximum atomic E-state index is 10.7. The van der Waals surface area contributed by atoms with Gasteiger partial charge < -0.3 is 13.9 Å². The first kappa shape index (κ1) is 11.3. The third-order valence-electron chi connectivity index (χ3n) is 1.09. The Kier molecular flexibility index (Phi) is 3.94. The second-order valence-electron chi connectivity index (χ2n) is 3.65. The van der Waals surface area contributed by atoms with E-state index < -0.39 is 7.14 Å². The third-order valence-corrected chi connectivity index (χ3v) is 2.53. The normalized spacial score (nSPS) is 18.2. The van der Waals surface area contributed by atoms with E-state index in [1.165, 1.54) is 0 Å². The Labute approximate surface area is 70.6 Å². The van der Waals surface area contributed by atoms with Gasteiger partial charge in [-0.1, -0.05) is 0 Å². The largest absolute Gasteiger partial charge is 0.329 e. The van der Waals surface area contributed by atoms with Crippen LogP contribution in [0.15, 0.2) is 0 Å². The Morgan fingerprint density at radius 2 is 2.00 bits per heavy atom. The summed E-state index contributed by atoms with van der Waals surface area (Å²) in [5.41, 5.74) is 0. The molecule has 0 aliphatic carbocycles. The minimum absolute atomic E-state index is 0.211. The number of quaternary nitrogens is 1. The summed E-state index contributed by atoms with van der Waals surface area (Å²) in [5, 5.41) is 0. The van der Waals surface area contributed by atoms with Crippen LogP contribution in [0.4, 0.5) is 0 Å². The van der Waals surface area contributed by atoms with Gasteiger partial charge in [0.05, 0.1) is 21.1 Å². The molecule has 0 radical (unpaired) electrons. The second-order valence-corrected chi connectivity index (χ2v) is 8.91. The van der Waals surface area contributed by atoms with Crippen LogP contribution in [-0.2, 0) is 9.09 Å². The van der Waals surface area contributed by atoms with Gasteiger partial charge in [-0.25, -0.2) is 0 Å². The van der Waals surface area contributed by atoms with E-state index in [2.05, 4.69) is 0 Å². The van der Waals surface area contributed by atoms with Crippen LogP contribution in [0.2, 0.25) is 0 Å². The van der Waals surface area contributed by atoms with Crippen molar-refractivity contribution in [3.63, 3.8) is 0 Å². The standard InChI is InChI=1S/C5H16NO3PSi/c1-6(2,3)4-5-9-10(7,8)11/h4-5H2,1-3,11H3/p+1. The summed E-state index contributed by atoms with van der Waals surface area (Å²) in [5.74, 6) is 0. The van der Waals surface area contributed by atoms with E-state index in [0.717, 1.165) is 11.0 Å². The van der Waals surface area contributed by atoms with Crippen molar-refractivity contribution >= 4 is 17.1 Å². The van der Waals surface area contributed by atoms with Crippen LogP contribution in [0.25, 0.3) is 0 Å². The SMILES string of the molecule is C[N+](C)(C)CCOP(=O)(O)[SiH3]. The number of nitrogens with zero attached hydrogens (tertiary/aromatic N) is 1. The highest BCUT2D eigenvalue weighted by molar-refractivity contribution is 7.78. The van der Waals surface area contributed by atoms with E-state index in [0.29, 0.717) is 6.61 Å². The number of rotatable bonds is 4. The highest BCUT2D eigenvalue weighted by Gasteiger charge is 2.12. The van der Waals surface area contributed by atoms with Crippen molar-refractivity contribution in [3.8, 4) is 0 Å². The van der Waals surface area contributed by atoms with Gasteiger partial charge in [-0.05, 0) is 0 Å². The molecule has 0 aromatic carbocycles. The molecule has 11 heavy (non-hydrogen) atoms. The zero-order valence-corrected chi connectivity index (χ0v) is 10.5. The van der Waals surface area contributed by atoms with Crippen molar-refractivity contribution in [2.45, 2.75) is 0 Å². The van der Waals surface area contributed by atoms with Crippen LogP contribution in [-0.4, -0.2) is 53.6 Å². The molecule has 0 amide bonds. The zero-order chi connectivity index (χ0) is 9.12. The van der Waals surface area contributed by atoms with Crippen molar-refractivity contribution in [2.75, 3.05) is 34.3 Å². The molecule has 0 saturated heterocycles. The summed E-state index contributed by atoms with van der Waals surface area (Å²) in [7, 11) is 3.13. The molecule has 4 nitrogen and oxygen atoms in total. The van der Waals surface area contributed by atoms with Crippen molar-refractivity contribution < 1.29 is 18.5 Å². The molecule has 0 aliphatic rings. The van der Waals surface area contributed by atoms with Gasteiger partial charge in [-0.3, -0.25) is 4.57 Å². The highest BCUT2D eigenvalue weighted by atomic mass is 31.4. The van der Waals surface area contributed by atoms with Gasteiger partial charge in [-0.15, -0.1) is 0 Å². The van der Waals surface area contributed by atoms with E-state index in [4.69, 9.17) is 9.42 Å². The molecule has 0 rings (SSSR count). The fraction of sp³-hybridized carbons (Fsp3) is 1.00. The van der Waals surface area contributed by atoms with E-state index in [1.54, 1.807) is 0 Å². The lowest BCUT2D eigenvalue weighted by Gasteiger charge is -2.23. The van der Waals surface area contributed by atoms with Crippen molar-refractivity contribution in [3.05, 3.63) is 0 Å². The Morgan fingerprint density at radius 1 is 1.55 bits per heavy atom. The summed E-state index contributed by atoms with van der Waals surface area (Å²) in [6.07, 6.45) is 0. The Bertz CT molecular complexity index is 162. The first-order valence-electron chi connectivity index (χ1n) is 3.46. The molecule has 0 bridgehead atoms. The maximum absolute atomic E-state index is 10.7. The van der Waals surface area contributed by atoms with Crippen molar-refractivity contribution in [1.82, 2.24) is 0 Å². The Morgan fingerprint density at radius 3 is 2.27 bits per heavy atom. The van der Waals surface area contributed by atoms with E-state index in [1.807, 2.05) is 21.1 Å². The van der Waals surface area contributed by atoms with Gasteiger partial charge in [0, 0.05) is 0 Å². The number of likely N-dealkylation sites (N-methyl/N-ethyl adjacent to an activating group) is 1. The lowest BCUT2D eigenvalue weighted by atomic mass is 10.5. The van der Waals surface area contributed by atoms with Crippen LogP contribution in [0.5, 0.6) is 0 Å². The van der Waals surface area contributed by atoms with Gasteiger partial charge in [0.25, 0.3) is 7.14 Å². The fourth-order valence-electron chi connectivity index (χ4n) is 0.484. The average Bonchev–Trinajstić information content (AvgIpc) is 1.55. The molecule has 0 aromatic heterocycles. The summed E-state index contributed by atoms with van der Waals surface area (Å²) >= 11 is 0. The molecular formula is C5H17NO3PSi+. The third kappa shape index (κ3) is 10.3. The Balaban J connectivity index is 3.52. The molecule has 0 fully saturated rings.